The SMILES string of the molecule is C[C@H](NC(=O)c1nc(N2CCOCC2)ncc1Cl)c1ccccc1F. The molecule has 0 spiro atoms. The molecule has 0 bridgehead atoms. The maximum Gasteiger partial charge on any atom is 0.272 e. The molecule has 1 fully saturated rings. The van der Waals surface area contributed by atoms with Crippen LogP contribution in [0.5, 0.6) is 0 Å². The number of halogens is 2. The van der Waals surface area contributed by atoms with Gasteiger partial charge >= 0.3 is 0 Å². The molecule has 1 aromatic heterocycles. The van der Waals surface area contributed by atoms with Gasteiger partial charge in [-0.3, -0.25) is 4.79 Å². The molecule has 0 radical (unpaired) electrons. The topological polar surface area (TPSA) is 67.4 Å². The van der Waals surface area contributed by atoms with Gasteiger partial charge in [0.25, 0.3) is 5.91 Å². The third-order valence-corrected chi connectivity index (χ3v) is 4.24. The molecule has 0 saturated carbocycles. The summed E-state index contributed by atoms with van der Waals surface area (Å²) in [5.74, 6) is -0.424. The molecule has 132 valence electrons. The summed E-state index contributed by atoms with van der Waals surface area (Å²) in [5, 5.41) is 2.88. The van der Waals surface area contributed by atoms with Crippen molar-refractivity contribution < 1.29 is 13.9 Å². The van der Waals surface area contributed by atoms with E-state index in [4.69, 9.17) is 16.3 Å². The van der Waals surface area contributed by atoms with Crippen molar-refractivity contribution in [3.8, 4) is 0 Å². The van der Waals surface area contributed by atoms with Gasteiger partial charge in [0, 0.05) is 18.7 Å². The number of morpholine rings is 1. The van der Waals surface area contributed by atoms with E-state index >= 15 is 0 Å². The Morgan fingerprint density at radius 1 is 1.36 bits per heavy atom. The predicted molar refractivity (Wildman–Crippen MR) is 92.4 cm³/mol. The van der Waals surface area contributed by atoms with Gasteiger partial charge in [-0.25, -0.2) is 14.4 Å². The van der Waals surface area contributed by atoms with Crippen LogP contribution in [0.15, 0.2) is 30.5 Å². The highest BCUT2D eigenvalue weighted by atomic mass is 35.5. The fraction of sp³-hybridized carbons (Fsp3) is 0.353. The fourth-order valence-electron chi connectivity index (χ4n) is 2.60. The van der Waals surface area contributed by atoms with Crippen LogP contribution in [0.25, 0.3) is 0 Å². The van der Waals surface area contributed by atoms with E-state index in [1.54, 1.807) is 25.1 Å². The lowest BCUT2D eigenvalue weighted by atomic mass is 10.1. The number of nitrogens with zero attached hydrogens (tertiary/aromatic N) is 3. The van der Waals surface area contributed by atoms with Crippen LogP contribution in [0, 0.1) is 5.82 Å². The lowest BCUT2D eigenvalue weighted by Gasteiger charge is -2.27. The van der Waals surface area contributed by atoms with Crippen LogP contribution in [0.4, 0.5) is 10.3 Å². The van der Waals surface area contributed by atoms with Crippen molar-refractivity contribution in [1.82, 2.24) is 15.3 Å². The Morgan fingerprint density at radius 2 is 2.08 bits per heavy atom. The number of hydrogen-bond acceptors (Lipinski definition) is 5. The van der Waals surface area contributed by atoms with E-state index in [1.165, 1.54) is 12.3 Å². The highest BCUT2D eigenvalue weighted by Crippen LogP contribution is 2.20. The first kappa shape index (κ1) is 17.6. The van der Waals surface area contributed by atoms with E-state index in [9.17, 15) is 9.18 Å². The van der Waals surface area contributed by atoms with Crippen LogP contribution in [0.3, 0.4) is 0 Å². The molecule has 1 atom stereocenters. The van der Waals surface area contributed by atoms with Gasteiger partial charge in [-0.05, 0) is 13.0 Å². The number of carbonyl (C=O) groups excluding carboxylic acids is 1. The van der Waals surface area contributed by atoms with E-state index < -0.39 is 11.9 Å². The lowest BCUT2D eigenvalue weighted by Crippen LogP contribution is -2.38. The van der Waals surface area contributed by atoms with Crippen LogP contribution in [0.1, 0.15) is 29.0 Å². The Hall–Kier alpha value is -2.25. The number of hydrogen-bond donors (Lipinski definition) is 1. The normalized spacial score (nSPS) is 15.7. The van der Waals surface area contributed by atoms with Crippen molar-refractivity contribution in [2.45, 2.75) is 13.0 Å². The number of ether oxygens (including phenoxy) is 1. The van der Waals surface area contributed by atoms with E-state index in [1.807, 2.05) is 4.90 Å². The largest absolute Gasteiger partial charge is 0.378 e. The Kier molecular flexibility index (Phi) is 5.45. The third kappa shape index (κ3) is 4.05. The third-order valence-electron chi connectivity index (χ3n) is 3.96. The summed E-state index contributed by atoms with van der Waals surface area (Å²) < 4.78 is 19.2. The molecule has 1 aliphatic rings. The molecule has 0 aliphatic carbocycles. The quantitative estimate of drug-likeness (QED) is 0.903. The minimum atomic E-state index is -0.522. The number of nitrogens with one attached hydrogen (secondary N) is 1. The number of amides is 1. The van der Waals surface area contributed by atoms with Gasteiger partial charge in [0.2, 0.25) is 5.95 Å². The molecule has 0 unspecified atom stereocenters. The molecular formula is C17H18ClFN4O2. The van der Waals surface area contributed by atoms with Crippen molar-refractivity contribution in [2.24, 2.45) is 0 Å². The van der Waals surface area contributed by atoms with Crippen LogP contribution in [0.2, 0.25) is 5.02 Å². The van der Waals surface area contributed by atoms with Gasteiger partial charge in [-0.15, -0.1) is 0 Å². The molecule has 1 saturated heterocycles. The lowest BCUT2D eigenvalue weighted by molar-refractivity contribution is 0.0934. The Labute approximate surface area is 150 Å². The van der Waals surface area contributed by atoms with Crippen LogP contribution < -0.4 is 10.2 Å². The summed E-state index contributed by atoms with van der Waals surface area (Å²) >= 11 is 6.09. The number of benzene rings is 1. The summed E-state index contributed by atoms with van der Waals surface area (Å²) in [6, 6.07) is 5.78. The Bertz CT molecular complexity index is 768. The highest BCUT2D eigenvalue weighted by molar-refractivity contribution is 6.33. The summed E-state index contributed by atoms with van der Waals surface area (Å²) in [6.07, 6.45) is 1.40. The predicted octanol–water partition coefficient (Wildman–Crippen LogP) is 2.60. The molecule has 25 heavy (non-hydrogen) atoms. The molecule has 1 amide bonds. The van der Waals surface area contributed by atoms with Gasteiger partial charge in [0.1, 0.15) is 5.82 Å². The van der Waals surface area contributed by atoms with Crippen molar-refractivity contribution in [1.29, 1.82) is 0 Å². The average molecular weight is 365 g/mol. The molecule has 8 heteroatoms. The molecule has 1 aromatic carbocycles. The molecular weight excluding hydrogens is 347 g/mol. The molecule has 6 nitrogen and oxygen atoms in total. The molecule has 1 N–H and O–H groups in total. The first-order valence-electron chi connectivity index (χ1n) is 7.97. The number of rotatable bonds is 4. The van der Waals surface area contributed by atoms with Crippen LogP contribution in [-0.2, 0) is 4.74 Å². The Morgan fingerprint density at radius 3 is 2.80 bits per heavy atom. The molecule has 2 aromatic rings. The van der Waals surface area contributed by atoms with Gasteiger partial charge < -0.3 is 15.0 Å². The first-order chi connectivity index (χ1) is 12.1. The summed E-state index contributed by atoms with van der Waals surface area (Å²) in [5.41, 5.74) is 0.468. The van der Waals surface area contributed by atoms with E-state index in [2.05, 4.69) is 15.3 Å². The molecule has 1 aliphatic heterocycles. The van der Waals surface area contributed by atoms with Gasteiger partial charge in [0.15, 0.2) is 5.69 Å². The first-order valence-corrected chi connectivity index (χ1v) is 8.34. The standard InChI is InChI=1S/C17H18ClFN4O2/c1-11(12-4-2-3-5-14(12)19)21-16(24)15-13(18)10-20-17(22-15)23-6-8-25-9-7-23/h2-5,10-11H,6-9H2,1H3,(H,21,24)/t11-/m0/s1. The smallest absolute Gasteiger partial charge is 0.272 e. The summed E-state index contributed by atoms with van der Waals surface area (Å²) in [6.45, 7) is 4.16. The summed E-state index contributed by atoms with van der Waals surface area (Å²) in [4.78, 5) is 22.9. The summed E-state index contributed by atoms with van der Waals surface area (Å²) in [7, 11) is 0. The monoisotopic (exact) mass is 364 g/mol. The minimum Gasteiger partial charge on any atom is -0.378 e. The van der Waals surface area contributed by atoms with Crippen molar-refractivity contribution in [3.63, 3.8) is 0 Å². The van der Waals surface area contributed by atoms with Crippen LogP contribution in [-0.4, -0.2) is 42.2 Å². The van der Waals surface area contributed by atoms with Gasteiger partial charge in [-0.1, -0.05) is 29.8 Å². The molecule has 3 rings (SSSR count). The fourth-order valence-corrected chi connectivity index (χ4v) is 2.78. The van der Waals surface area contributed by atoms with Crippen molar-refractivity contribution >= 4 is 23.5 Å². The number of aromatic nitrogens is 2. The van der Waals surface area contributed by atoms with Crippen LogP contribution >= 0.6 is 11.6 Å². The zero-order chi connectivity index (χ0) is 17.8. The zero-order valence-electron chi connectivity index (χ0n) is 13.7. The second-order valence-corrected chi connectivity index (χ2v) is 6.09. The number of anilines is 1. The van der Waals surface area contributed by atoms with E-state index in [-0.39, 0.29) is 16.5 Å². The van der Waals surface area contributed by atoms with Crippen molar-refractivity contribution in [3.05, 3.63) is 52.6 Å². The maximum absolute atomic E-state index is 13.9. The average Bonchev–Trinajstić information content (AvgIpc) is 2.63. The van der Waals surface area contributed by atoms with E-state index in [0.29, 0.717) is 37.8 Å². The second-order valence-electron chi connectivity index (χ2n) is 5.68. The minimum absolute atomic E-state index is 0.0707. The number of carbonyl (C=O) groups is 1. The Balaban J connectivity index is 1.78. The van der Waals surface area contributed by atoms with Gasteiger partial charge in [-0.2, -0.15) is 0 Å². The maximum atomic E-state index is 13.9. The highest BCUT2D eigenvalue weighted by Gasteiger charge is 2.21. The second kappa shape index (κ2) is 7.76. The zero-order valence-corrected chi connectivity index (χ0v) is 14.5. The van der Waals surface area contributed by atoms with Gasteiger partial charge in [0.05, 0.1) is 30.5 Å². The van der Waals surface area contributed by atoms with E-state index in [0.717, 1.165) is 0 Å². The molecule has 2 heterocycles. The van der Waals surface area contributed by atoms with Crippen molar-refractivity contribution in [2.75, 3.05) is 31.2 Å².